The van der Waals surface area contributed by atoms with E-state index in [1.807, 2.05) is 32.9 Å². The molecule has 0 saturated heterocycles. The van der Waals surface area contributed by atoms with E-state index in [9.17, 15) is 14.4 Å². The van der Waals surface area contributed by atoms with Gasteiger partial charge in [0, 0.05) is 30.0 Å². The van der Waals surface area contributed by atoms with Crippen molar-refractivity contribution >= 4 is 40.0 Å². The molecule has 0 aliphatic carbocycles. The Kier molecular flexibility index (Phi) is 8.95. The zero-order valence-electron chi connectivity index (χ0n) is 18.5. The van der Waals surface area contributed by atoms with Crippen molar-refractivity contribution in [2.75, 3.05) is 6.61 Å². The Bertz CT molecular complexity index is 1050. The molecule has 2 aromatic rings. The maximum absolute atomic E-state index is 12.2. The molecule has 9 heteroatoms. The lowest BCUT2D eigenvalue weighted by Gasteiger charge is -2.15. The molecule has 2 aromatic carbocycles. The number of nitrogens with one attached hydrogen (secondary N) is 1. The Labute approximate surface area is 195 Å². The summed E-state index contributed by atoms with van der Waals surface area (Å²) < 4.78 is 16.8. The van der Waals surface area contributed by atoms with Crippen LogP contribution in [0.15, 0.2) is 39.9 Å². The molecule has 0 radical (unpaired) electrons. The summed E-state index contributed by atoms with van der Waals surface area (Å²) >= 11 is 3.51. The number of aryl methyl sites for hydroxylation is 1. The summed E-state index contributed by atoms with van der Waals surface area (Å²) in [6.45, 7) is 8.31. The van der Waals surface area contributed by atoms with Gasteiger partial charge in [-0.15, -0.1) is 0 Å². The van der Waals surface area contributed by atoms with Crippen LogP contribution in [0.25, 0.3) is 0 Å². The van der Waals surface area contributed by atoms with Crippen molar-refractivity contribution in [3.63, 3.8) is 0 Å². The Morgan fingerprint density at radius 3 is 2.38 bits per heavy atom. The molecule has 8 nitrogen and oxygen atoms in total. The third kappa shape index (κ3) is 7.49. The molecule has 0 spiro atoms. The van der Waals surface area contributed by atoms with E-state index in [2.05, 4.69) is 26.5 Å². The predicted molar refractivity (Wildman–Crippen MR) is 123 cm³/mol. The Hall–Kier alpha value is -3.20. The van der Waals surface area contributed by atoms with E-state index in [0.29, 0.717) is 11.3 Å². The summed E-state index contributed by atoms with van der Waals surface area (Å²) in [5.74, 6) is -0.305. The topological polar surface area (TPSA) is 103 Å². The average molecular weight is 505 g/mol. The minimum Gasteiger partial charge on any atom is -0.483 e. The SMILES string of the molecule is CC(=O)Oc1ccc(/C=N\NC(=O)COc2cc(C)c(Br)cc2C(C)C)c(OC(C)=O)c1. The lowest BCUT2D eigenvalue weighted by molar-refractivity contribution is -0.132. The van der Waals surface area contributed by atoms with Gasteiger partial charge in [0.15, 0.2) is 6.61 Å². The molecule has 0 aliphatic heterocycles. The van der Waals surface area contributed by atoms with Crippen LogP contribution < -0.4 is 19.6 Å². The van der Waals surface area contributed by atoms with Crippen molar-refractivity contribution in [1.29, 1.82) is 0 Å². The molecule has 32 heavy (non-hydrogen) atoms. The molecule has 0 atom stereocenters. The third-order valence-electron chi connectivity index (χ3n) is 4.17. The van der Waals surface area contributed by atoms with E-state index in [0.717, 1.165) is 15.6 Å². The zero-order valence-corrected chi connectivity index (χ0v) is 20.1. The summed E-state index contributed by atoms with van der Waals surface area (Å²) in [7, 11) is 0. The summed E-state index contributed by atoms with van der Waals surface area (Å²) in [6, 6.07) is 8.32. The monoisotopic (exact) mass is 504 g/mol. The van der Waals surface area contributed by atoms with E-state index in [1.165, 1.54) is 32.2 Å². The van der Waals surface area contributed by atoms with Crippen LogP contribution in [0, 0.1) is 6.92 Å². The van der Waals surface area contributed by atoms with Crippen LogP contribution in [0.4, 0.5) is 0 Å². The lowest BCUT2D eigenvalue weighted by atomic mass is 10.0. The highest BCUT2D eigenvalue weighted by Gasteiger charge is 2.13. The van der Waals surface area contributed by atoms with Crippen LogP contribution in [0.2, 0.25) is 0 Å². The first-order chi connectivity index (χ1) is 15.1. The number of carbonyl (C=O) groups is 3. The van der Waals surface area contributed by atoms with E-state index in [4.69, 9.17) is 14.2 Å². The maximum Gasteiger partial charge on any atom is 0.308 e. The highest BCUT2D eigenvalue weighted by atomic mass is 79.9. The largest absolute Gasteiger partial charge is 0.483 e. The first kappa shape index (κ1) is 25.1. The van der Waals surface area contributed by atoms with Gasteiger partial charge in [0.25, 0.3) is 5.91 Å². The Balaban J connectivity index is 2.05. The molecule has 0 fully saturated rings. The second kappa shape index (κ2) is 11.4. The van der Waals surface area contributed by atoms with Crippen molar-refractivity contribution in [2.24, 2.45) is 5.10 Å². The second-order valence-corrected chi connectivity index (χ2v) is 8.12. The Morgan fingerprint density at radius 2 is 1.75 bits per heavy atom. The number of nitrogens with zero attached hydrogens (tertiary/aromatic N) is 1. The number of esters is 2. The van der Waals surface area contributed by atoms with E-state index >= 15 is 0 Å². The van der Waals surface area contributed by atoms with Crippen molar-refractivity contribution in [1.82, 2.24) is 5.43 Å². The van der Waals surface area contributed by atoms with Crippen LogP contribution in [-0.4, -0.2) is 30.7 Å². The molecular weight excluding hydrogens is 480 g/mol. The number of hydrogen-bond donors (Lipinski definition) is 1. The fraction of sp³-hybridized carbons (Fsp3) is 0.304. The van der Waals surface area contributed by atoms with Crippen molar-refractivity contribution in [3.05, 3.63) is 51.5 Å². The quantitative estimate of drug-likeness (QED) is 0.249. The van der Waals surface area contributed by atoms with Gasteiger partial charge in [0.2, 0.25) is 0 Å². The Morgan fingerprint density at radius 1 is 1.06 bits per heavy atom. The number of carbonyl (C=O) groups excluding carboxylic acids is 3. The van der Waals surface area contributed by atoms with Crippen LogP contribution >= 0.6 is 15.9 Å². The average Bonchev–Trinajstić information content (AvgIpc) is 2.69. The molecule has 0 unspecified atom stereocenters. The van der Waals surface area contributed by atoms with Gasteiger partial charge < -0.3 is 14.2 Å². The van der Waals surface area contributed by atoms with Crippen molar-refractivity contribution < 1.29 is 28.6 Å². The standard InChI is InChI=1S/C23H25BrN2O6/c1-13(2)19-10-20(24)14(3)8-22(19)30-12-23(29)26-25-11-17-6-7-18(31-15(4)27)9-21(17)32-16(5)28/h6-11,13H,12H2,1-5H3,(H,26,29)/b25-11-. The zero-order chi connectivity index (χ0) is 23.8. The maximum atomic E-state index is 12.2. The van der Waals surface area contributed by atoms with Crippen molar-refractivity contribution in [2.45, 2.75) is 40.5 Å². The normalized spacial score (nSPS) is 10.8. The smallest absolute Gasteiger partial charge is 0.308 e. The minimum atomic E-state index is -0.553. The first-order valence-corrected chi connectivity index (χ1v) is 10.6. The van der Waals surface area contributed by atoms with Crippen LogP contribution in [-0.2, 0) is 14.4 Å². The predicted octanol–water partition coefficient (Wildman–Crippen LogP) is 4.26. The first-order valence-electron chi connectivity index (χ1n) is 9.82. The fourth-order valence-electron chi connectivity index (χ4n) is 2.69. The fourth-order valence-corrected chi connectivity index (χ4v) is 3.05. The molecule has 0 aliphatic rings. The molecule has 0 heterocycles. The number of benzene rings is 2. The van der Waals surface area contributed by atoms with E-state index in [-0.39, 0.29) is 24.0 Å². The van der Waals surface area contributed by atoms with Gasteiger partial charge in [-0.05, 0) is 48.2 Å². The third-order valence-corrected chi connectivity index (χ3v) is 5.02. The summed E-state index contributed by atoms with van der Waals surface area (Å²) in [4.78, 5) is 34.7. The lowest BCUT2D eigenvalue weighted by Crippen LogP contribution is -2.25. The van der Waals surface area contributed by atoms with Gasteiger partial charge >= 0.3 is 11.9 Å². The molecule has 1 N–H and O–H groups in total. The van der Waals surface area contributed by atoms with Crippen LogP contribution in [0.5, 0.6) is 17.2 Å². The highest BCUT2D eigenvalue weighted by molar-refractivity contribution is 9.10. The number of halogens is 1. The molecular formula is C23H25BrN2O6. The molecule has 170 valence electrons. The van der Waals surface area contributed by atoms with Crippen molar-refractivity contribution in [3.8, 4) is 17.2 Å². The highest BCUT2D eigenvalue weighted by Crippen LogP contribution is 2.32. The minimum absolute atomic E-state index is 0.136. The van der Waals surface area contributed by atoms with Gasteiger partial charge in [-0.3, -0.25) is 14.4 Å². The van der Waals surface area contributed by atoms with Gasteiger partial charge in [-0.1, -0.05) is 29.8 Å². The molecule has 0 saturated carbocycles. The molecule has 0 bridgehead atoms. The van der Waals surface area contributed by atoms with E-state index < -0.39 is 17.8 Å². The number of hydrazone groups is 1. The van der Waals surface area contributed by atoms with Crippen LogP contribution in [0.1, 0.15) is 50.3 Å². The number of ether oxygens (including phenoxy) is 3. The number of rotatable bonds is 8. The summed E-state index contributed by atoms with van der Waals surface area (Å²) in [6.07, 6.45) is 1.32. The number of hydrogen-bond acceptors (Lipinski definition) is 7. The second-order valence-electron chi connectivity index (χ2n) is 7.26. The van der Waals surface area contributed by atoms with Gasteiger partial charge in [-0.2, -0.15) is 5.10 Å². The molecule has 0 aromatic heterocycles. The molecule has 1 amide bonds. The van der Waals surface area contributed by atoms with Gasteiger partial charge in [-0.25, -0.2) is 5.43 Å². The number of amides is 1. The van der Waals surface area contributed by atoms with Gasteiger partial charge in [0.1, 0.15) is 17.2 Å². The summed E-state index contributed by atoms with van der Waals surface area (Å²) in [5, 5.41) is 3.89. The summed E-state index contributed by atoms with van der Waals surface area (Å²) in [5.41, 5.74) is 4.76. The molecule has 2 rings (SSSR count). The van der Waals surface area contributed by atoms with Crippen LogP contribution in [0.3, 0.4) is 0 Å². The van der Waals surface area contributed by atoms with E-state index in [1.54, 1.807) is 6.07 Å². The van der Waals surface area contributed by atoms with Gasteiger partial charge in [0.05, 0.1) is 6.21 Å².